The molecular weight excluding hydrogens is 176 g/mol. The zero-order valence-electron chi connectivity index (χ0n) is 8.91. The maximum Gasteiger partial charge on any atom is 0.223 e. The minimum Gasteiger partial charge on any atom is -0.339 e. The quantitative estimate of drug-likeness (QED) is 0.731. The van der Waals surface area contributed by atoms with E-state index >= 15 is 0 Å². The van der Waals surface area contributed by atoms with E-state index in [4.69, 9.17) is 5.73 Å². The molecule has 1 amide bonds. The molecule has 0 aromatic rings. The van der Waals surface area contributed by atoms with Gasteiger partial charge in [-0.2, -0.15) is 0 Å². The first-order valence-corrected chi connectivity index (χ1v) is 5.72. The fraction of sp³-hybridized carbons (Fsp3) is 0.909. The van der Waals surface area contributed by atoms with E-state index < -0.39 is 0 Å². The van der Waals surface area contributed by atoms with Crippen molar-refractivity contribution >= 4 is 5.91 Å². The Bertz CT molecular complexity index is 225. The Morgan fingerprint density at radius 3 is 2.71 bits per heavy atom. The van der Waals surface area contributed by atoms with Gasteiger partial charge in [0.05, 0.1) is 0 Å². The molecule has 3 heteroatoms. The summed E-state index contributed by atoms with van der Waals surface area (Å²) < 4.78 is 0. The molecule has 1 heterocycles. The van der Waals surface area contributed by atoms with Crippen molar-refractivity contribution in [2.75, 3.05) is 13.1 Å². The Hall–Kier alpha value is -0.570. The summed E-state index contributed by atoms with van der Waals surface area (Å²) in [4.78, 5) is 13.8. The monoisotopic (exact) mass is 196 g/mol. The number of nitrogens with two attached hydrogens (primary N) is 1. The van der Waals surface area contributed by atoms with Crippen LogP contribution in [0.5, 0.6) is 0 Å². The second-order valence-corrected chi connectivity index (χ2v) is 4.78. The molecule has 0 aromatic carbocycles. The van der Waals surface area contributed by atoms with E-state index in [0.717, 1.165) is 12.5 Å². The molecule has 2 atom stereocenters. The van der Waals surface area contributed by atoms with Crippen LogP contribution in [0.3, 0.4) is 0 Å². The van der Waals surface area contributed by atoms with Crippen LogP contribution in [0.2, 0.25) is 0 Å². The molecule has 14 heavy (non-hydrogen) atoms. The number of amides is 1. The van der Waals surface area contributed by atoms with Crippen molar-refractivity contribution in [3.63, 3.8) is 0 Å². The van der Waals surface area contributed by atoms with Crippen LogP contribution in [0.1, 0.15) is 32.6 Å². The molecule has 1 saturated heterocycles. The molecule has 2 N–H and O–H groups in total. The van der Waals surface area contributed by atoms with Crippen LogP contribution in [0.25, 0.3) is 0 Å². The van der Waals surface area contributed by atoms with Crippen LogP contribution >= 0.6 is 0 Å². The molecule has 2 rings (SSSR count). The van der Waals surface area contributed by atoms with E-state index in [-0.39, 0.29) is 0 Å². The number of nitrogens with zero attached hydrogens (tertiary/aromatic N) is 1. The molecule has 2 fully saturated rings. The SMILES string of the molecule is CC(C1CCC1)N1CC(CN)CC1=O. The zero-order chi connectivity index (χ0) is 10.1. The van der Waals surface area contributed by atoms with Gasteiger partial charge in [0.1, 0.15) is 0 Å². The maximum atomic E-state index is 11.7. The van der Waals surface area contributed by atoms with Crippen molar-refractivity contribution < 1.29 is 4.79 Å². The maximum absolute atomic E-state index is 11.7. The molecule has 0 bridgehead atoms. The second-order valence-electron chi connectivity index (χ2n) is 4.78. The van der Waals surface area contributed by atoms with E-state index in [2.05, 4.69) is 11.8 Å². The van der Waals surface area contributed by atoms with Gasteiger partial charge in [0.25, 0.3) is 0 Å². The highest BCUT2D eigenvalue weighted by atomic mass is 16.2. The molecule has 0 aromatic heterocycles. The summed E-state index contributed by atoms with van der Waals surface area (Å²) in [6.07, 6.45) is 4.63. The van der Waals surface area contributed by atoms with E-state index in [1.54, 1.807) is 0 Å². The first-order chi connectivity index (χ1) is 6.72. The van der Waals surface area contributed by atoms with Crippen LogP contribution in [-0.2, 0) is 4.79 Å². The summed E-state index contributed by atoms with van der Waals surface area (Å²) in [6.45, 7) is 3.74. The van der Waals surface area contributed by atoms with E-state index in [1.165, 1.54) is 19.3 Å². The van der Waals surface area contributed by atoms with E-state index in [1.807, 2.05) is 0 Å². The minimum absolute atomic E-state index is 0.319. The Morgan fingerprint density at radius 1 is 1.57 bits per heavy atom. The summed E-state index contributed by atoms with van der Waals surface area (Å²) in [5.41, 5.74) is 5.60. The van der Waals surface area contributed by atoms with Crippen LogP contribution in [0.4, 0.5) is 0 Å². The lowest BCUT2D eigenvalue weighted by atomic mass is 9.80. The standard InChI is InChI=1S/C11H20N2O/c1-8(10-3-2-4-10)13-7-9(6-12)5-11(13)14/h8-10H,2-7,12H2,1H3. The smallest absolute Gasteiger partial charge is 0.223 e. The number of hydrogen-bond acceptors (Lipinski definition) is 2. The average Bonchev–Trinajstić information content (AvgIpc) is 2.43. The van der Waals surface area contributed by atoms with E-state index in [0.29, 0.717) is 30.8 Å². The Morgan fingerprint density at radius 2 is 2.29 bits per heavy atom. The number of carbonyl (C=O) groups excluding carboxylic acids is 1. The van der Waals surface area contributed by atoms with E-state index in [9.17, 15) is 4.79 Å². The van der Waals surface area contributed by atoms with Gasteiger partial charge >= 0.3 is 0 Å². The highest BCUT2D eigenvalue weighted by Gasteiger charge is 2.36. The van der Waals surface area contributed by atoms with Crippen LogP contribution < -0.4 is 5.73 Å². The Labute approximate surface area is 85.6 Å². The minimum atomic E-state index is 0.319. The molecule has 80 valence electrons. The lowest BCUT2D eigenvalue weighted by molar-refractivity contribution is -0.130. The van der Waals surface area contributed by atoms with Gasteiger partial charge in [0.2, 0.25) is 5.91 Å². The van der Waals surface area contributed by atoms with Gasteiger partial charge in [-0.3, -0.25) is 4.79 Å². The lowest BCUT2D eigenvalue weighted by Gasteiger charge is -2.37. The van der Waals surface area contributed by atoms with Gasteiger partial charge in [-0.1, -0.05) is 6.42 Å². The third kappa shape index (κ3) is 1.65. The van der Waals surface area contributed by atoms with Gasteiger partial charge in [-0.25, -0.2) is 0 Å². The van der Waals surface area contributed by atoms with Gasteiger partial charge < -0.3 is 10.6 Å². The molecule has 1 aliphatic carbocycles. The average molecular weight is 196 g/mol. The van der Waals surface area contributed by atoms with Crippen molar-refractivity contribution in [3.8, 4) is 0 Å². The molecule has 1 saturated carbocycles. The molecule has 0 radical (unpaired) electrons. The number of rotatable bonds is 3. The van der Waals surface area contributed by atoms with Crippen LogP contribution in [0.15, 0.2) is 0 Å². The molecule has 3 nitrogen and oxygen atoms in total. The fourth-order valence-electron chi connectivity index (χ4n) is 2.54. The van der Waals surface area contributed by atoms with Gasteiger partial charge in [0, 0.05) is 19.0 Å². The summed E-state index contributed by atoms with van der Waals surface area (Å²) in [7, 11) is 0. The number of hydrogen-bond donors (Lipinski definition) is 1. The summed E-state index contributed by atoms with van der Waals surface area (Å²) in [5, 5.41) is 0. The van der Waals surface area contributed by atoms with Crippen molar-refractivity contribution in [2.24, 2.45) is 17.6 Å². The molecule has 1 aliphatic heterocycles. The highest BCUT2D eigenvalue weighted by Crippen LogP contribution is 2.34. The molecule has 0 spiro atoms. The number of carbonyl (C=O) groups is 1. The first-order valence-electron chi connectivity index (χ1n) is 5.72. The van der Waals surface area contributed by atoms with Crippen LogP contribution in [-0.4, -0.2) is 29.9 Å². The van der Waals surface area contributed by atoms with Crippen molar-refractivity contribution in [1.82, 2.24) is 4.90 Å². The Balaban J connectivity index is 1.93. The van der Waals surface area contributed by atoms with Gasteiger partial charge in [-0.05, 0) is 38.1 Å². The number of likely N-dealkylation sites (tertiary alicyclic amines) is 1. The Kier molecular flexibility index (Phi) is 2.77. The topological polar surface area (TPSA) is 46.3 Å². The van der Waals surface area contributed by atoms with Crippen molar-refractivity contribution in [3.05, 3.63) is 0 Å². The summed E-state index contributed by atoms with van der Waals surface area (Å²) in [5.74, 6) is 1.49. The summed E-state index contributed by atoms with van der Waals surface area (Å²) >= 11 is 0. The molecular formula is C11H20N2O. The first kappa shape index (κ1) is 9.97. The predicted octanol–water partition coefficient (Wildman–Crippen LogP) is 0.982. The van der Waals surface area contributed by atoms with Gasteiger partial charge in [0.15, 0.2) is 0 Å². The van der Waals surface area contributed by atoms with Crippen LogP contribution in [0, 0.1) is 11.8 Å². The fourth-order valence-corrected chi connectivity index (χ4v) is 2.54. The summed E-state index contributed by atoms with van der Waals surface area (Å²) in [6, 6.07) is 0.452. The van der Waals surface area contributed by atoms with Gasteiger partial charge in [-0.15, -0.1) is 0 Å². The van der Waals surface area contributed by atoms with Crippen molar-refractivity contribution in [1.29, 1.82) is 0 Å². The largest absolute Gasteiger partial charge is 0.339 e. The zero-order valence-corrected chi connectivity index (χ0v) is 8.91. The highest BCUT2D eigenvalue weighted by molar-refractivity contribution is 5.79. The third-order valence-corrected chi connectivity index (χ3v) is 3.90. The predicted molar refractivity (Wildman–Crippen MR) is 55.7 cm³/mol. The molecule has 2 aliphatic rings. The second kappa shape index (κ2) is 3.89. The van der Waals surface area contributed by atoms with Crippen molar-refractivity contribution in [2.45, 2.75) is 38.6 Å². The third-order valence-electron chi connectivity index (χ3n) is 3.90. The molecule has 2 unspecified atom stereocenters. The normalized spacial score (nSPS) is 30.6. The lowest BCUT2D eigenvalue weighted by Crippen LogP contribution is -2.42.